The first kappa shape index (κ1) is 14.5. The molecular formula is C14H21N5O. The topological polar surface area (TPSA) is 78.8 Å². The van der Waals surface area contributed by atoms with Crippen LogP contribution in [0, 0.1) is 6.92 Å². The molecule has 0 bridgehead atoms. The number of hydrogen-bond acceptors (Lipinski definition) is 5. The predicted octanol–water partition coefficient (Wildman–Crippen LogP) is 1.47. The van der Waals surface area contributed by atoms with Crippen LogP contribution in [0.25, 0.3) is 0 Å². The number of rotatable bonds is 6. The van der Waals surface area contributed by atoms with Gasteiger partial charge >= 0.3 is 0 Å². The lowest BCUT2D eigenvalue weighted by Gasteiger charge is -2.13. The number of aryl methyl sites for hydroxylation is 2. The zero-order chi connectivity index (χ0) is 14.5. The summed E-state index contributed by atoms with van der Waals surface area (Å²) < 4.78 is 7.65. The van der Waals surface area contributed by atoms with Crippen molar-refractivity contribution in [2.45, 2.75) is 46.4 Å². The highest BCUT2D eigenvalue weighted by Crippen LogP contribution is 2.19. The van der Waals surface area contributed by atoms with Crippen molar-refractivity contribution in [3.8, 4) is 5.75 Å². The Morgan fingerprint density at radius 2 is 2.20 bits per heavy atom. The zero-order valence-electron chi connectivity index (χ0n) is 12.2. The van der Waals surface area contributed by atoms with Crippen LogP contribution in [-0.4, -0.2) is 25.8 Å². The Bertz CT molecular complexity index is 564. The number of nitrogens with two attached hydrogens (primary N) is 1. The van der Waals surface area contributed by atoms with Crippen LogP contribution in [0.5, 0.6) is 5.75 Å². The van der Waals surface area contributed by atoms with Crippen LogP contribution in [0.3, 0.4) is 0 Å². The lowest BCUT2D eigenvalue weighted by molar-refractivity contribution is 0.282. The third-order valence-corrected chi connectivity index (χ3v) is 2.94. The molecule has 0 radical (unpaired) electrons. The summed E-state index contributed by atoms with van der Waals surface area (Å²) in [6, 6.07) is 3.92. The van der Waals surface area contributed by atoms with Gasteiger partial charge < -0.3 is 10.5 Å². The fourth-order valence-corrected chi connectivity index (χ4v) is 1.99. The molecule has 0 saturated carbocycles. The highest BCUT2D eigenvalue weighted by Gasteiger charge is 2.10. The third kappa shape index (κ3) is 3.54. The van der Waals surface area contributed by atoms with Gasteiger partial charge in [0.25, 0.3) is 0 Å². The van der Waals surface area contributed by atoms with Crippen LogP contribution in [0.1, 0.15) is 31.1 Å². The molecule has 1 unspecified atom stereocenters. The van der Waals surface area contributed by atoms with Crippen molar-refractivity contribution in [3.05, 3.63) is 35.7 Å². The van der Waals surface area contributed by atoms with E-state index in [1.165, 1.54) is 0 Å². The Morgan fingerprint density at radius 1 is 1.40 bits per heavy atom. The molecule has 0 spiro atoms. The smallest absolute Gasteiger partial charge is 0.164 e. The van der Waals surface area contributed by atoms with Gasteiger partial charge in [0.15, 0.2) is 5.82 Å². The van der Waals surface area contributed by atoms with E-state index in [-0.39, 0.29) is 6.04 Å². The van der Waals surface area contributed by atoms with Crippen molar-refractivity contribution in [3.63, 3.8) is 0 Å². The van der Waals surface area contributed by atoms with Gasteiger partial charge in [0.1, 0.15) is 18.7 Å². The third-order valence-electron chi connectivity index (χ3n) is 2.94. The molecule has 2 aromatic rings. The van der Waals surface area contributed by atoms with Crippen LogP contribution in [0.15, 0.2) is 18.5 Å². The second kappa shape index (κ2) is 6.47. The van der Waals surface area contributed by atoms with Gasteiger partial charge in [-0.1, -0.05) is 0 Å². The highest BCUT2D eigenvalue weighted by atomic mass is 16.5. The molecule has 2 heterocycles. The van der Waals surface area contributed by atoms with Crippen molar-refractivity contribution < 1.29 is 4.74 Å². The molecule has 0 saturated heterocycles. The fraction of sp³-hybridized carbons (Fsp3) is 0.500. The maximum absolute atomic E-state index is 5.86. The van der Waals surface area contributed by atoms with Gasteiger partial charge in [-0.15, -0.1) is 0 Å². The fourth-order valence-electron chi connectivity index (χ4n) is 1.99. The summed E-state index contributed by atoms with van der Waals surface area (Å²) in [6.07, 6.45) is 2.23. The standard InChI is InChI=1S/C14H21N5O/c1-4-19-14(16-9-17-19)8-20-13-6-5-11(3)18-12(13)7-10(2)15/h5-6,9-10H,4,7-8,15H2,1-3H3. The number of aromatic nitrogens is 4. The minimum atomic E-state index is 0.0472. The molecule has 0 aliphatic heterocycles. The molecule has 2 rings (SSSR count). The Hall–Kier alpha value is -1.95. The molecular weight excluding hydrogens is 254 g/mol. The molecule has 6 nitrogen and oxygen atoms in total. The summed E-state index contributed by atoms with van der Waals surface area (Å²) >= 11 is 0. The SMILES string of the molecule is CCn1ncnc1COc1ccc(C)nc1CC(C)N. The molecule has 0 amide bonds. The van der Waals surface area contributed by atoms with Crippen molar-refractivity contribution in [1.82, 2.24) is 19.7 Å². The molecule has 20 heavy (non-hydrogen) atoms. The van der Waals surface area contributed by atoms with E-state index in [0.717, 1.165) is 29.5 Å². The van der Waals surface area contributed by atoms with Crippen LogP contribution in [-0.2, 0) is 19.6 Å². The van der Waals surface area contributed by atoms with Gasteiger partial charge in [-0.05, 0) is 32.9 Å². The maximum Gasteiger partial charge on any atom is 0.164 e. The van der Waals surface area contributed by atoms with E-state index < -0.39 is 0 Å². The Morgan fingerprint density at radius 3 is 2.90 bits per heavy atom. The van der Waals surface area contributed by atoms with Crippen molar-refractivity contribution in [2.75, 3.05) is 0 Å². The molecule has 2 N–H and O–H groups in total. The normalized spacial score (nSPS) is 12.4. The lowest BCUT2D eigenvalue weighted by Crippen LogP contribution is -2.19. The van der Waals surface area contributed by atoms with Crippen LogP contribution in [0.4, 0.5) is 0 Å². The average molecular weight is 275 g/mol. The van der Waals surface area contributed by atoms with Gasteiger partial charge in [0, 0.05) is 24.7 Å². The van der Waals surface area contributed by atoms with Gasteiger partial charge in [0.2, 0.25) is 0 Å². The first-order chi connectivity index (χ1) is 9.60. The predicted molar refractivity (Wildman–Crippen MR) is 76.4 cm³/mol. The van der Waals surface area contributed by atoms with Crippen LogP contribution in [0.2, 0.25) is 0 Å². The zero-order valence-corrected chi connectivity index (χ0v) is 12.2. The largest absolute Gasteiger partial charge is 0.484 e. The minimum Gasteiger partial charge on any atom is -0.484 e. The van der Waals surface area contributed by atoms with E-state index in [1.54, 1.807) is 6.33 Å². The molecule has 1 atom stereocenters. The van der Waals surface area contributed by atoms with Crippen molar-refractivity contribution in [1.29, 1.82) is 0 Å². The summed E-state index contributed by atoms with van der Waals surface area (Å²) in [4.78, 5) is 8.70. The first-order valence-corrected chi connectivity index (χ1v) is 6.81. The lowest BCUT2D eigenvalue weighted by atomic mass is 10.1. The Labute approximate surface area is 119 Å². The van der Waals surface area contributed by atoms with Gasteiger partial charge in [-0.3, -0.25) is 4.98 Å². The monoisotopic (exact) mass is 275 g/mol. The van der Waals surface area contributed by atoms with Crippen molar-refractivity contribution in [2.24, 2.45) is 5.73 Å². The number of pyridine rings is 1. The average Bonchev–Trinajstić information content (AvgIpc) is 2.84. The molecule has 108 valence electrons. The second-order valence-corrected chi connectivity index (χ2v) is 4.86. The summed E-state index contributed by atoms with van der Waals surface area (Å²) in [7, 11) is 0. The maximum atomic E-state index is 5.86. The van der Waals surface area contributed by atoms with E-state index in [4.69, 9.17) is 10.5 Å². The number of ether oxygens (including phenoxy) is 1. The molecule has 2 aromatic heterocycles. The Balaban J connectivity index is 2.12. The first-order valence-electron chi connectivity index (χ1n) is 6.81. The Kier molecular flexibility index (Phi) is 4.68. The van der Waals surface area contributed by atoms with Gasteiger partial charge in [0.05, 0.1) is 5.69 Å². The highest BCUT2D eigenvalue weighted by molar-refractivity contribution is 5.30. The quantitative estimate of drug-likeness (QED) is 0.863. The van der Waals surface area contributed by atoms with Crippen molar-refractivity contribution >= 4 is 0 Å². The van der Waals surface area contributed by atoms with E-state index in [0.29, 0.717) is 13.0 Å². The van der Waals surface area contributed by atoms with Crippen LogP contribution >= 0.6 is 0 Å². The van der Waals surface area contributed by atoms with E-state index >= 15 is 0 Å². The number of hydrogen-bond donors (Lipinski definition) is 1. The molecule has 0 aliphatic carbocycles. The number of nitrogens with zero attached hydrogens (tertiary/aromatic N) is 4. The molecule has 0 aromatic carbocycles. The molecule has 0 fully saturated rings. The van der Waals surface area contributed by atoms with E-state index in [1.807, 2.05) is 37.6 Å². The summed E-state index contributed by atoms with van der Waals surface area (Å²) in [5.41, 5.74) is 7.71. The summed E-state index contributed by atoms with van der Waals surface area (Å²) in [5, 5.41) is 4.12. The second-order valence-electron chi connectivity index (χ2n) is 4.86. The summed E-state index contributed by atoms with van der Waals surface area (Å²) in [6.45, 7) is 7.10. The van der Waals surface area contributed by atoms with Gasteiger partial charge in [-0.25, -0.2) is 9.67 Å². The van der Waals surface area contributed by atoms with E-state index in [2.05, 4.69) is 15.1 Å². The minimum absolute atomic E-state index is 0.0472. The van der Waals surface area contributed by atoms with Crippen LogP contribution < -0.4 is 10.5 Å². The summed E-state index contributed by atoms with van der Waals surface area (Å²) in [5.74, 6) is 1.57. The van der Waals surface area contributed by atoms with Gasteiger partial charge in [-0.2, -0.15) is 5.10 Å². The molecule has 6 heteroatoms. The molecule has 0 aliphatic rings. The van der Waals surface area contributed by atoms with E-state index in [9.17, 15) is 0 Å².